The van der Waals surface area contributed by atoms with Gasteiger partial charge in [0, 0.05) is 28.2 Å². The minimum Gasteiger partial charge on any atom is -0.658 e. The van der Waals surface area contributed by atoms with Crippen LogP contribution in [0.5, 0.6) is 0 Å². The molecule has 0 N–H and O–H groups in total. The average molecular weight is 809 g/mol. The third kappa shape index (κ3) is 7.41. The number of benzene rings is 4. The van der Waals surface area contributed by atoms with Crippen molar-refractivity contribution in [3.05, 3.63) is 180 Å². The van der Waals surface area contributed by atoms with E-state index in [1.807, 2.05) is 79.0 Å². The molecule has 7 rings (SSSR count). The molecule has 0 amide bonds. The first-order chi connectivity index (χ1) is 22.7. The van der Waals surface area contributed by atoms with E-state index in [0.29, 0.717) is 0 Å². The first-order valence-electron chi connectivity index (χ1n) is 15.5. The fraction of sp³-hybridized carbons (Fsp3) is 0.0750. The molecule has 0 fully saturated rings. The molecule has 0 saturated heterocycles. The zero-order valence-electron chi connectivity index (χ0n) is 26.3. The van der Waals surface area contributed by atoms with Gasteiger partial charge in [-0.15, -0.1) is 11.4 Å². The Kier molecular flexibility index (Phi) is 11.4. The Bertz CT molecular complexity index is 1820. The second kappa shape index (κ2) is 16.1. The zero-order chi connectivity index (χ0) is 31.6. The summed E-state index contributed by atoms with van der Waals surface area (Å²) in [5.41, 5.74) is 5.83. The van der Waals surface area contributed by atoms with Crippen LogP contribution in [0.25, 0.3) is 16.7 Å². The minimum atomic E-state index is -2.75. The molecule has 0 unspecified atom stereocenters. The molecule has 47 heavy (non-hydrogen) atoms. The maximum Gasteiger partial charge on any atom is 2.00 e. The Balaban J connectivity index is 0.000000260. The summed E-state index contributed by atoms with van der Waals surface area (Å²) in [6.07, 6.45) is 2.74. The van der Waals surface area contributed by atoms with Crippen molar-refractivity contribution in [3.8, 4) is 11.4 Å². The van der Waals surface area contributed by atoms with Crippen LogP contribution in [0.4, 0.5) is 11.4 Å². The van der Waals surface area contributed by atoms with Crippen LogP contribution in [0.2, 0.25) is 0 Å². The molecule has 7 aromatic rings. The number of rotatable bonds is 8. The molecular formula is C40H35N5PtSi. The minimum absolute atomic E-state index is 0. The van der Waals surface area contributed by atoms with E-state index in [1.54, 1.807) is 0 Å². The van der Waals surface area contributed by atoms with Crippen molar-refractivity contribution in [3.63, 3.8) is 0 Å². The Labute approximate surface area is 292 Å². The van der Waals surface area contributed by atoms with Crippen LogP contribution in [0.15, 0.2) is 164 Å². The molecular weight excluding hydrogens is 774 g/mol. The molecule has 234 valence electrons. The van der Waals surface area contributed by atoms with Crippen molar-refractivity contribution in [1.29, 1.82) is 0 Å². The van der Waals surface area contributed by atoms with Crippen LogP contribution in [0, 0.1) is 6.92 Å². The number of pyridine rings is 2. The molecule has 7 heteroatoms. The number of hydrogen-bond acceptors (Lipinski definition) is 3. The van der Waals surface area contributed by atoms with E-state index in [-0.39, 0.29) is 21.1 Å². The summed E-state index contributed by atoms with van der Waals surface area (Å²) in [7, 11) is -2.75. The van der Waals surface area contributed by atoms with Gasteiger partial charge in [0.15, 0.2) is 0 Å². The second-order valence-corrected chi connectivity index (χ2v) is 14.5. The molecule has 5 nitrogen and oxygen atoms in total. The molecule has 0 radical (unpaired) electrons. The molecule has 0 spiro atoms. The van der Waals surface area contributed by atoms with E-state index in [4.69, 9.17) is 9.97 Å². The van der Waals surface area contributed by atoms with Crippen LogP contribution in [0.1, 0.15) is 18.2 Å². The van der Waals surface area contributed by atoms with Gasteiger partial charge in [-0.25, -0.2) is 0 Å². The number of nitrogens with zero attached hydrogens (tertiary/aromatic N) is 5. The van der Waals surface area contributed by atoms with E-state index < -0.39 is 8.07 Å². The summed E-state index contributed by atoms with van der Waals surface area (Å²) in [6.45, 7) is 4.19. The topological polar surface area (TPSA) is 66.9 Å². The largest absolute Gasteiger partial charge is 2.00 e. The van der Waals surface area contributed by atoms with E-state index in [1.165, 1.54) is 10.4 Å². The first-order valence-corrected chi connectivity index (χ1v) is 17.5. The van der Waals surface area contributed by atoms with Gasteiger partial charge in [-0.1, -0.05) is 146 Å². The van der Waals surface area contributed by atoms with Crippen LogP contribution >= 0.6 is 0 Å². The monoisotopic (exact) mass is 808 g/mol. The number of para-hydroxylation sites is 2. The van der Waals surface area contributed by atoms with Gasteiger partial charge in [-0.3, -0.25) is 9.97 Å². The second-order valence-electron chi connectivity index (χ2n) is 10.9. The van der Waals surface area contributed by atoms with Crippen molar-refractivity contribution >= 4 is 40.5 Å². The number of aromatic nitrogens is 4. The quantitative estimate of drug-likeness (QED) is 0.159. The fourth-order valence-corrected chi connectivity index (χ4v) is 10.2. The van der Waals surface area contributed by atoms with Crippen molar-refractivity contribution in [1.82, 2.24) is 20.2 Å². The fourth-order valence-electron chi connectivity index (χ4n) is 5.76. The molecule has 0 aliphatic rings. The van der Waals surface area contributed by atoms with Gasteiger partial charge in [-0.05, 0) is 53.5 Å². The van der Waals surface area contributed by atoms with E-state index in [0.717, 1.165) is 51.1 Å². The smallest absolute Gasteiger partial charge is 0.658 e. The van der Waals surface area contributed by atoms with E-state index in [9.17, 15) is 0 Å². The summed E-state index contributed by atoms with van der Waals surface area (Å²) < 4.78 is 0. The molecule has 0 bridgehead atoms. The van der Waals surface area contributed by atoms with Gasteiger partial charge >= 0.3 is 21.1 Å². The standard InChI is InChI=1S/C28H25N4Si.C12H10N.Pt/c1-3-24-21(2)28(32-31-24)25-17-12-19-27(30-25)33(22-13-6-4-7-14-22,23-15-8-5-9-16-23)26-18-10-11-20-29-26;1-3-7-11(8-4-1)13-12-9-5-2-6-10-12;/h4-20H,3H2,1-2H3;1-10H;/q2*-1;+2. The average Bonchev–Trinajstić information content (AvgIpc) is 3.51. The van der Waals surface area contributed by atoms with Gasteiger partial charge in [0.25, 0.3) is 0 Å². The van der Waals surface area contributed by atoms with Crippen molar-refractivity contribution in [2.45, 2.75) is 20.3 Å². The van der Waals surface area contributed by atoms with Gasteiger partial charge in [0.05, 0.1) is 0 Å². The molecule has 0 saturated carbocycles. The van der Waals surface area contributed by atoms with E-state index >= 15 is 0 Å². The Hall–Kier alpha value is -4.90. The normalized spacial score (nSPS) is 10.7. The number of hydrogen-bond donors (Lipinski definition) is 0. The third-order valence-corrected chi connectivity index (χ3v) is 12.5. The van der Waals surface area contributed by atoms with Crippen molar-refractivity contribution in [2.24, 2.45) is 0 Å². The molecule has 0 atom stereocenters. The summed E-state index contributed by atoms with van der Waals surface area (Å²) in [5, 5.41) is 17.9. The number of aryl methyl sites for hydroxylation is 1. The van der Waals surface area contributed by atoms with Gasteiger partial charge < -0.3 is 15.5 Å². The van der Waals surface area contributed by atoms with Gasteiger partial charge in [0.2, 0.25) is 8.07 Å². The molecule has 0 aliphatic heterocycles. The van der Waals surface area contributed by atoms with Gasteiger partial charge in [-0.2, -0.15) is 0 Å². The summed E-state index contributed by atoms with van der Waals surface area (Å²) >= 11 is 0. The molecule has 3 heterocycles. The summed E-state index contributed by atoms with van der Waals surface area (Å²) in [4.78, 5) is 10.2. The maximum atomic E-state index is 5.27. The van der Waals surface area contributed by atoms with Crippen LogP contribution in [-0.2, 0) is 27.5 Å². The maximum absolute atomic E-state index is 5.27. The van der Waals surface area contributed by atoms with Crippen molar-refractivity contribution in [2.75, 3.05) is 0 Å². The Morgan fingerprint density at radius 3 is 1.60 bits per heavy atom. The van der Waals surface area contributed by atoms with Crippen LogP contribution < -0.4 is 26.1 Å². The zero-order valence-corrected chi connectivity index (χ0v) is 29.6. The van der Waals surface area contributed by atoms with Crippen molar-refractivity contribution < 1.29 is 21.1 Å². The summed E-state index contributed by atoms with van der Waals surface area (Å²) in [5.74, 6) is 0. The Morgan fingerprint density at radius 2 is 1.11 bits per heavy atom. The molecule has 3 aromatic heterocycles. The predicted molar refractivity (Wildman–Crippen MR) is 192 cm³/mol. The Morgan fingerprint density at radius 1 is 0.596 bits per heavy atom. The molecule has 0 aliphatic carbocycles. The first kappa shape index (κ1) is 33.5. The van der Waals surface area contributed by atoms with Crippen LogP contribution in [-0.4, -0.2) is 23.1 Å². The van der Waals surface area contributed by atoms with Gasteiger partial charge in [0.1, 0.15) is 0 Å². The summed E-state index contributed by atoms with van der Waals surface area (Å²) in [6, 6.07) is 53.8. The van der Waals surface area contributed by atoms with E-state index in [2.05, 4.69) is 114 Å². The van der Waals surface area contributed by atoms with Crippen LogP contribution in [0.3, 0.4) is 0 Å². The molecule has 4 aromatic carbocycles. The predicted octanol–water partition coefficient (Wildman–Crippen LogP) is 6.77. The SMILES string of the molecule is CCc1n[n-]c(-c2cccc([Si](c3ccccc3)(c3ccccc3)c3ccccn3)n2)c1C.[Pt+2].c1ccc([N-]c2ccccc2)cc1. The third-order valence-electron chi connectivity index (χ3n) is 8.00.